The quantitative estimate of drug-likeness (QED) is 0.874. The van der Waals surface area contributed by atoms with Crippen LogP contribution in [0.3, 0.4) is 0 Å². The van der Waals surface area contributed by atoms with Gasteiger partial charge in [-0.05, 0) is 52.0 Å². The standard InChI is InChI=1S/C17H24N4O/c1-12-10-13(19-22-12)11-21-9-5-8-16(21)17-18-14-6-3-4-7-15(14)20(17)2/h10,16H,3-9,11H2,1-2H3/t16-/m1/s1. The van der Waals surface area contributed by atoms with Gasteiger partial charge in [-0.3, -0.25) is 4.90 Å². The molecule has 0 radical (unpaired) electrons. The Bertz CT molecular complexity index is 672. The van der Waals surface area contributed by atoms with Crippen LogP contribution in [-0.4, -0.2) is 26.2 Å². The van der Waals surface area contributed by atoms with Crippen LogP contribution in [0.5, 0.6) is 0 Å². The Kier molecular flexibility index (Phi) is 3.53. The van der Waals surface area contributed by atoms with Gasteiger partial charge in [0, 0.05) is 25.4 Å². The third-order valence-electron chi connectivity index (χ3n) is 5.11. The van der Waals surface area contributed by atoms with Gasteiger partial charge < -0.3 is 9.09 Å². The van der Waals surface area contributed by atoms with Crippen LogP contribution >= 0.6 is 0 Å². The molecule has 1 atom stereocenters. The number of likely N-dealkylation sites (tertiary alicyclic amines) is 1. The molecule has 0 spiro atoms. The van der Waals surface area contributed by atoms with E-state index in [1.165, 1.54) is 49.3 Å². The van der Waals surface area contributed by atoms with Crippen molar-refractivity contribution >= 4 is 0 Å². The van der Waals surface area contributed by atoms with Gasteiger partial charge in [-0.25, -0.2) is 4.98 Å². The summed E-state index contributed by atoms with van der Waals surface area (Å²) in [5.74, 6) is 2.14. The Balaban J connectivity index is 1.59. The van der Waals surface area contributed by atoms with Gasteiger partial charge in [0.25, 0.3) is 0 Å². The van der Waals surface area contributed by atoms with E-state index in [2.05, 4.69) is 21.7 Å². The maximum absolute atomic E-state index is 5.21. The lowest BCUT2D eigenvalue weighted by molar-refractivity contribution is 0.228. The van der Waals surface area contributed by atoms with Crippen molar-refractivity contribution in [1.29, 1.82) is 0 Å². The third kappa shape index (κ3) is 2.37. The Morgan fingerprint density at radius 1 is 1.27 bits per heavy atom. The van der Waals surface area contributed by atoms with Crippen molar-refractivity contribution in [3.63, 3.8) is 0 Å². The van der Waals surface area contributed by atoms with Crippen LogP contribution in [0.4, 0.5) is 0 Å². The molecular formula is C17H24N4O. The summed E-state index contributed by atoms with van der Waals surface area (Å²) in [5, 5.41) is 4.15. The van der Waals surface area contributed by atoms with E-state index in [9.17, 15) is 0 Å². The molecule has 4 rings (SSSR count). The molecule has 0 amide bonds. The zero-order valence-electron chi connectivity index (χ0n) is 13.5. The molecular weight excluding hydrogens is 276 g/mol. The first-order chi connectivity index (χ1) is 10.7. The topological polar surface area (TPSA) is 47.1 Å². The second kappa shape index (κ2) is 5.54. The highest BCUT2D eigenvalue weighted by Gasteiger charge is 2.31. The van der Waals surface area contributed by atoms with Crippen molar-refractivity contribution in [2.24, 2.45) is 7.05 Å². The molecule has 0 N–H and O–H groups in total. The molecule has 1 aliphatic heterocycles. The molecule has 1 aliphatic carbocycles. The highest BCUT2D eigenvalue weighted by molar-refractivity contribution is 5.22. The van der Waals surface area contributed by atoms with Crippen LogP contribution in [0, 0.1) is 6.92 Å². The lowest BCUT2D eigenvalue weighted by Gasteiger charge is -2.23. The molecule has 2 aliphatic rings. The van der Waals surface area contributed by atoms with Crippen LogP contribution < -0.4 is 0 Å². The Morgan fingerprint density at radius 2 is 2.14 bits per heavy atom. The highest BCUT2D eigenvalue weighted by atomic mass is 16.5. The fraction of sp³-hybridized carbons (Fsp3) is 0.647. The minimum absolute atomic E-state index is 0.424. The van der Waals surface area contributed by atoms with E-state index < -0.39 is 0 Å². The van der Waals surface area contributed by atoms with Crippen LogP contribution in [0.15, 0.2) is 10.6 Å². The first kappa shape index (κ1) is 14.0. The van der Waals surface area contributed by atoms with E-state index in [1.807, 2.05) is 13.0 Å². The number of rotatable bonds is 3. The van der Waals surface area contributed by atoms with Crippen molar-refractivity contribution < 1.29 is 4.52 Å². The van der Waals surface area contributed by atoms with E-state index in [4.69, 9.17) is 9.51 Å². The van der Waals surface area contributed by atoms with Gasteiger partial charge in [0.1, 0.15) is 11.6 Å². The summed E-state index contributed by atoms with van der Waals surface area (Å²) in [6.07, 6.45) is 7.36. The van der Waals surface area contributed by atoms with Gasteiger partial charge in [0.05, 0.1) is 17.4 Å². The van der Waals surface area contributed by atoms with E-state index in [0.717, 1.165) is 31.0 Å². The second-order valence-corrected chi connectivity index (χ2v) is 6.69. The maximum atomic E-state index is 5.21. The molecule has 22 heavy (non-hydrogen) atoms. The predicted molar refractivity (Wildman–Crippen MR) is 83.5 cm³/mol. The average Bonchev–Trinajstić information content (AvgIpc) is 3.21. The van der Waals surface area contributed by atoms with Crippen molar-refractivity contribution in [2.75, 3.05) is 6.54 Å². The van der Waals surface area contributed by atoms with E-state index >= 15 is 0 Å². The van der Waals surface area contributed by atoms with Gasteiger partial charge in [-0.2, -0.15) is 0 Å². The summed E-state index contributed by atoms with van der Waals surface area (Å²) in [5.41, 5.74) is 3.83. The molecule has 3 heterocycles. The molecule has 0 aromatic carbocycles. The number of hydrogen-bond acceptors (Lipinski definition) is 4. The van der Waals surface area contributed by atoms with Crippen molar-refractivity contribution in [1.82, 2.24) is 19.6 Å². The summed E-state index contributed by atoms with van der Waals surface area (Å²) >= 11 is 0. The number of hydrogen-bond donors (Lipinski definition) is 0. The number of imidazole rings is 1. The molecule has 5 heteroatoms. The van der Waals surface area contributed by atoms with Crippen molar-refractivity contribution in [3.8, 4) is 0 Å². The first-order valence-electron chi connectivity index (χ1n) is 8.43. The molecule has 1 fully saturated rings. The SMILES string of the molecule is Cc1cc(CN2CCC[C@@H]2c2nc3c(n2C)CCCC3)no1. The number of aryl methyl sites for hydroxylation is 2. The molecule has 0 bridgehead atoms. The Morgan fingerprint density at radius 3 is 2.91 bits per heavy atom. The van der Waals surface area contributed by atoms with E-state index in [0.29, 0.717) is 6.04 Å². The summed E-state index contributed by atoms with van der Waals surface area (Å²) in [6.45, 7) is 3.93. The first-order valence-corrected chi connectivity index (χ1v) is 8.43. The van der Waals surface area contributed by atoms with E-state index in [1.54, 1.807) is 0 Å². The second-order valence-electron chi connectivity index (χ2n) is 6.69. The normalized spacial score (nSPS) is 22.2. The minimum atomic E-state index is 0.424. The van der Waals surface area contributed by atoms with Crippen molar-refractivity contribution in [2.45, 2.75) is 58.0 Å². The highest BCUT2D eigenvalue weighted by Crippen LogP contribution is 2.34. The molecule has 2 aromatic rings. The summed E-state index contributed by atoms with van der Waals surface area (Å²) < 4.78 is 7.57. The summed E-state index contributed by atoms with van der Waals surface area (Å²) in [6, 6.07) is 2.46. The molecule has 5 nitrogen and oxygen atoms in total. The number of nitrogens with zero attached hydrogens (tertiary/aromatic N) is 4. The molecule has 2 aromatic heterocycles. The molecule has 1 saturated heterocycles. The number of fused-ring (bicyclic) bond motifs is 1. The summed E-state index contributed by atoms with van der Waals surface area (Å²) in [7, 11) is 2.20. The lowest BCUT2D eigenvalue weighted by atomic mass is 10.0. The fourth-order valence-electron chi connectivity index (χ4n) is 4.01. The van der Waals surface area contributed by atoms with Gasteiger partial charge in [0.2, 0.25) is 0 Å². The van der Waals surface area contributed by atoms with Gasteiger partial charge in [0.15, 0.2) is 0 Å². The van der Waals surface area contributed by atoms with Gasteiger partial charge in [-0.15, -0.1) is 0 Å². The number of aromatic nitrogens is 3. The smallest absolute Gasteiger partial charge is 0.133 e. The van der Waals surface area contributed by atoms with Crippen LogP contribution in [-0.2, 0) is 26.4 Å². The van der Waals surface area contributed by atoms with E-state index in [-0.39, 0.29) is 0 Å². The van der Waals surface area contributed by atoms with Gasteiger partial charge in [-0.1, -0.05) is 5.16 Å². The average molecular weight is 300 g/mol. The van der Waals surface area contributed by atoms with Crippen LogP contribution in [0.1, 0.15) is 60.4 Å². The van der Waals surface area contributed by atoms with Crippen molar-refractivity contribution in [3.05, 3.63) is 34.7 Å². The Hall–Kier alpha value is -1.62. The molecule has 0 saturated carbocycles. The zero-order valence-corrected chi connectivity index (χ0v) is 13.5. The largest absolute Gasteiger partial charge is 0.361 e. The monoisotopic (exact) mass is 300 g/mol. The maximum Gasteiger partial charge on any atom is 0.133 e. The van der Waals surface area contributed by atoms with Crippen LogP contribution in [0.2, 0.25) is 0 Å². The zero-order chi connectivity index (χ0) is 15.1. The van der Waals surface area contributed by atoms with Crippen LogP contribution in [0.25, 0.3) is 0 Å². The third-order valence-corrected chi connectivity index (χ3v) is 5.11. The Labute approximate surface area is 131 Å². The summed E-state index contributed by atoms with van der Waals surface area (Å²) in [4.78, 5) is 7.51. The minimum Gasteiger partial charge on any atom is -0.361 e. The predicted octanol–water partition coefficient (Wildman–Crippen LogP) is 2.93. The van der Waals surface area contributed by atoms with Gasteiger partial charge >= 0.3 is 0 Å². The molecule has 0 unspecified atom stereocenters. The lowest BCUT2D eigenvalue weighted by Crippen LogP contribution is -2.25. The molecule has 118 valence electrons. The fourth-order valence-corrected chi connectivity index (χ4v) is 4.01.